The molecule has 0 saturated carbocycles. The monoisotopic (exact) mass is 263 g/mol. The standard InChI is InChI=1S/C15H25N3O/c1-3-4-9-19-14-8-6-5-7-12(14)15-13(10-16)11(2)17-18-15/h5-8,11,13,15,17-18H,3-4,9-10,16H2,1-2H3. The first-order valence-electron chi connectivity index (χ1n) is 7.20. The summed E-state index contributed by atoms with van der Waals surface area (Å²) in [4.78, 5) is 0. The van der Waals surface area contributed by atoms with Crippen LogP contribution in [-0.4, -0.2) is 19.2 Å². The molecule has 106 valence electrons. The van der Waals surface area contributed by atoms with Crippen molar-refractivity contribution in [3.8, 4) is 5.75 Å². The Hall–Kier alpha value is -1.10. The summed E-state index contributed by atoms with van der Waals surface area (Å²) >= 11 is 0. The maximum absolute atomic E-state index is 5.91. The molecule has 3 atom stereocenters. The van der Waals surface area contributed by atoms with E-state index in [0.717, 1.165) is 25.2 Å². The highest BCUT2D eigenvalue weighted by Crippen LogP contribution is 2.33. The molecular formula is C15H25N3O. The third-order valence-electron chi connectivity index (χ3n) is 3.82. The Bertz CT molecular complexity index is 397. The van der Waals surface area contributed by atoms with Crippen molar-refractivity contribution in [3.63, 3.8) is 0 Å². The molecule has 1 aromatic carbocycles. The number of unbranched alkanes of at least 4 members (excludes halogenated alkanes) is 1. The van der Waals surface area contributed by atoms with Crippen LogP contribution in [0.3, 0.4) is 0 Å². The molecule has 1 saturated heterocycles. The minimum absolute atomic E-state index is 0.220. The first kappa shape index (κ1) is 14.3. The molecule has 1 aliphatic rings. The molecule has 2 rings (SSSR count). The van der Waals surface area contributed by atoms with Gasteiger partial charge in [0, 0.05) is 17.5 Å². The predicted molar refractivity (Wildman–Crippen MR) is 77.9 cm³/mol. The SMILES string of the molecule is CCCCOc1ccccc1C1NNC(C)C1CN. The molecular weight excluding hydrogens is 238 g/mol. The molecule has 1 fully saturated rings. The summed E-state index contributed by atoms with van der Waals surface area (Å²) in [6.07, 6.45) is 2.23. The largest absolute Gasteiger partial charge is 0.493 e. The Balaban J connectivity index is 2.14. The predicted octanol–water partition coefficient (Wildman–Crippen LogP) is 1.98. The molecule has 0 aromatic heterocycles. The van der Waals surface area contributed by atoms with Crippen LogP contribution >= 0.6 is 0 Å². The van der Waals surface area contributed by atoms with Gasteiger partial charge in [-0.2, -0.15) is 0 Å². The molecule has 0 aliphatic carbocycles. The van der Waals surface area contributed by atoms with Crippen LogP contribution < -0.4 is 21.3 Å². The normalized spacial score (nSPS) is 26.6. The molecule has 1 aliphatic heterocycles. The van der Waals surface area contributed by atoms with Gasteiger partial charge in [0.2, 0.25) is 0 Å². The van der Waals surface area contributed by atoms with E-state index in [1.807, 2.05) is 12.1 Å². The lowest BCUT2D eigenvalue weighted by Gasteiger charge is -2.22. The van der Waals surface area contributed by atoms with Gasteiger partial charge in [0.05, 0.1) is 12.6 Å². The topological polar surface area (TPSA) is 59.3 Å². The molecule has 1 heterocycles. The van der Waals surface area contributed by atoms with Crippen LogP contribution in [0.4, 0.5) is 0 Å². The summed E-state index contributed by atoms with van der Waals surface area (Å²) in [5.41, 5.74) is 13.7. The minimum Gasteiger partial charge on any atom is -0.493 e. The third kappa shape index (κ3) is 3.26. The quantitative estimate of drug-likeness (QED) is 0.687. The zero-order valence-electron chi connectivity index (χ0n) is 11.9. The molecule has 0 amide bonds. The van der Waals surface area contributed by atoms with Crippen molar-refractivity contribution in [1.29, 1.82) is 0 Å². The van der Waals surface area contributed by atoms with Crippen molar-refractivity contribution in [3.05, 3.63) is 29.8 Å². The van der Waals surface area contributed by atoms with Crippen LogP contribution in [0, 0.1) is 5.92 Å². The van der Waals surface area contributed by atoms with Crippen LogP contribution in [-0.2, 0) is 0 Å². The molecule has 19 heavy (non-hydrogen) atoms. The fourth-order valence-corrected chi connectivity index (χ4v) is 2.57. The van der Waals surface area contributed by atoms with E-state index in [0.29, 0.717) is 18.5 Å². The summed E-state index contributed by atoms with van der Waals surface area (Å²) in [7, 11) is 0. The van der Waals surface area contributed by atoms with Gasteiger partial charge in [-0.3, -0.25) is 5.43 Å². The maximum Gasteiger partial charge on any atom is 0.124 e. The first-order chi connectivity index (χ1) is 9.27. The molecule has 0 spiro atoms. The number of hydrogen-bond acceptors (Lipinski definition) is 4. The van der Waals surface area contributed by atoms with Gasteiger partial charge in [0.1, 0.15) is 5.75 Å². The van der Waals surface area contributed by atoms with Gasteiger partial charge >= 0.3 is 0 Å². The van der Waals surface area contributed by atoms with Crippen molar-refractivity contribution < 1.29 is 4.74 Å². The van der Waals surface area contributed by atoms with Crippen molar-refractivity contribution in [2.45, 2.75) is 38.8 Å². The number of ether oxygens (including phenoxy) is 1. The summed E-state index contributed by atoms with van der Waals surface area (Å²) in [5.74, 6) is 1.36. The van der Waals surface area contributed by atoms with Crippen molar-refractivity contribution in [2.24, 2.45) is 11.7 Å². The summed E-state index contributed by atoms with van der Waals surface area (Å²) in [5, 5.41) is 0. The van der Waals surface area contributed by atoms with Gasteiger partial charge in [-0.25, -0.2) is 5.43 Å². The number of nitrogens with one attached hydrogen (secondary N) is 2. The summed E-state index contributed by atoms with van der Waals surface area (Å²) < 4.78 is 5.91. The van der Waals surface area contributed by atoms with Crippen LogP contribution in [0.25, 0.3) is 0 Å². The highest BCUT2D eigenvalue weighted by atomic mass is 16.5. The lowest BCUT2D eigenvalue weighted by molar-refractivity contribution is 0.300. The number of hydrogen-bond donors (Lipinski definition) is 3. The highest BCUT2D eigenvalue weighted by Gasteiger charge is 2.34. The fraction of sp³-hybridized carbons (Fsp3) is 0.600. The molecule has 4 heteroatoms. The minimum atomic E-state index is 0.220. The Morgan fingerprint density at radius 3 is 2.79 bits per heavy atom. The Labute approximate surface area is 115 Å². The van der Waals surface area contributed by atoms with Crippen molar-refractivity contribution in [2.75, 3.05) is 13.2 Å². The second-order valence-corrected chi connectivity index (χ2v) is 5.19. The van der Waals surface area contributed by atoms with E-state index in [1.54, 1.807) is 0 Å². The summed E-state index contributed by atoms with van der Waals surface area (Å²) in [6, 6.07) is 8.84. The Morgan fingerprint density at radius 2 is 2.05 bits per heavy atom. The Morgan fingerprint density at radius 1 is 1.26 bits per heavy atom. The van der Waals surface area contributed by atoms with E-state index in [1.165, 1.54) is 5.56 Å². The van der Waals surface area contributed by atoms with Gasteiger partial charge in [0.15, 0.2) is 0 Å². The van der Waals surface area contributed by atoms with Gasteiger partial charge < -0.3 is 10.5 Å². The first-order valence-corrected chi connectivity index (χ1v) is 7.20. The molecule has 0 radical (unpaired) electrons. The van der Waals surface area contributed by atoms with E-state index < -0.39 is 0 Å². The van der Waals surface area contributed by atoms with E-state index in [4.69, 9.17) is 10.5 Å². The second kappa shape index (κ2) is 6.89. The van der Waals surface area contributed by atoms with E-state index in [2.05, 4.69) is 36.8 Å². The number of hydrazine groups is 1. The average molecular weight is 263 g/mol. The van der Waals surface area contributed by atoms with Gasteiger partial charge in [-0.15, -0.1) is 0 Å². The molecule has 0 bridgehead atoms. The van der Waals surface area contributed by atoms with E-state index >= 15 is 0 Å². The zero-order chi connectivity index (χ0) is 13.7. The summed E-state index contributed by atoms with van der Waals surface area (Å²) in [6.45, 7) is 5.76. The van der Waals surface area contributed by atoms with Crippen LogP contribution in [0.15, 0.2) is 24.3 Å². The van der Waals surface area contributed by atoms with E-state index in [-0.39, 0.29) is 6.04 Å². The fourth-order valence-electron chi connectivity index (χ4n) is 2.57. The number of para-hydroxylation sites is 1. The molecule has 4 nitrogen and oxygen atoms in total. The van der Waals surface area contributed by atoms with Gasteiger partial charge in [-0.05, 0) is 26.0 Å². The Kier molecular flexibility index (Phi) is 5.19. The molecule has 3 unspecified atom stereocenters. The van der Waals surface area contributed by atoms with Crippen molar-refractivity contribution in [1.82, 2.24) is 10.9 Å². The van der Waals surface area contributed by atoms with Crippen LogP contribution in [0.5, 0.6) is 5.75 Å². The average Bonchev–Trinajstić information content (AvgIpc) is 2.80. The van der Waals surface area contributed by atoms with Crippen molar-refractivity contribution >= 4 is 0 Å². The molecule has 1 aromatic rings. The van der Waals surface area contributed by atoms with Crippen LogP contribution in [0.2, 0.25) is 0 Å². The van der Waals surface area contributed by atoms with Gasteiger partial charge in [0.25, 0.3) is 0 Å². The zero-order valence-corrected chi connectivity index (χ0v) is 11.9. The lowest BCUT2D eigenvalue weighted by atomic mass is 9.90. The number of rotatable bonds is 6. The van der Waals surface area contributed by atoms with E-state index in [9.17, 15) is 0 Å². The smallest absolute Gasteiger partial charge is 0.124 e. The maximum atomic E-state index is 5.91. The third-order valence-corrected chi connectivity index (χ3v) is 3.82. The number of nitrogens with two attached hydrogens (primary N) is 1. The van der Waals surface area contributed by atoms with Crippen LogP contribution in [0.1, 0.15) is 38.3 Å². The molecule has 4 N–H and O–H groups in total. The number of benzene rings is 1. The second-order valence-electron chi connectivity index (χ2n) is 5.19. The highest BCUT2D eigenvalue weighted by molar-refractivity contribution is 5.37. The van der Waals surface area contributed by atoms with Gasteiger partial charge in [-0.1, -0.05) is 31.5 Å². The lowest BCUT2D eigenvalue weighted by Crippen LogP contribution is -2.30.